The van der Waals surface area contributed by atoms with Gasteiger partial charge in [-0.2, -0.15) is 0 Å². The zero-order valence-electron chi connectivity index (χ0n) is 21.2. The van der Waals surface area contributed by atoms with Gasteiger partial charge in [-0.3, -0.25) is 4.79 Å². The second kappa shape index (κ2) is 10.3. The van der Waals surface area contributed by atoms with Gasteiger partial charge in [0, 0.05) is 17.4 Å². The van der Waals surface area contributed by atoms with Crippen molar-refractivity contribution in [2.24, 2.45) is 0 Å². The van der Waals surface area contributed by atoms with Crippen molar-refractivity contribution in [1.82, 2.24) is 0 Å². The predicted octanol–water partition coefficient (Wildman–Crippen LogP) is 7.23. The molecule has 3 aromatic carbocycles. The van der Waals surface area contributed by atoms with Crippen LogP contribution in [0.25, 0.3) is 0 Å². The Morgan fingerprint density at radius 2 is 1.38 bits per heavy atom. The van der Waals surface area contributed by atoms with E-state index in [2.05, 4.69) is 39.0 Å². The maximum Gasteiger partial charge on any atom is 0.343 e. The lowest BCUT2D eigenvalue weighted by Crippen LogP contribution is -2.20. The molecule has 178 valence electrons. The first-order chi connectivity index (χ1) is 16.0. The molecule has 0 amide bonds. The van der Waals surface area contributed by atoms with Crippen molar-refractivity contribution < 1.29 is 19.1 Å². The summed E-state index contributed by atoms with van der Waals surface area (Å²) in [6, 6.07) is 18.9. The lowest BCUT2D eigenvalue weighted by Gasteiger charge is -2.28. The predicted molar refractivity (Wildman–Crippen MR) is 136 cm³/mol. The van der Waals surface area contributed by atoms with E-state index in [9.17, 15) is 9.59 Å². The minimum absolute atomic E-state index is 0.00328. The van der Waals surface area contributed by atoms with Crippen LogP contribution in [0.1, 0.15) is 84.0 Å². The molecule has 3 rings (SSSR count). The summed E-state index contributed by atoms with van der Waals surface area (Å²) >= 11 is 0. The van der Waals surface area contributed by atoms with Gasteiger partial charge in [0.05, 0.1) is 11.7 Å². The van der Waals surface area contributed by atoms with Crippen molar-refractivity contribution in [3.05, 3.63) is 94.0 Å². The zero-order valence-corrected chi connectivity index (χ0v) is 21.2. The van der Waals surface area contributed by atoms with Crippen LogP contribution < -0.4 is 9.47 Å². The number of esters is 1. The van der Waals surface area contributed by atoms with E-state index in [1.165, 1.54) is 5.56 Å². The SMILES string of the molecule is CCC(=O)c1cccc(C(=O)Oc2ccc(C(C)(C)c3ccc(OC(C)C)c(C)c3)cc2C)c1. The van der Waals surface area contributed by atoms with Gasteiger partial charge >= 0.3 is 5.97 Å². The van der Waals surface area contributed by atoms with Crippen LogP contribution in [0.5, 0.6) is 11.5 Å². The summed E-state index contributed by atoms with van der Waals surface area (Å²) in [6.45, 7) is 14.2. The van der Waals surface area contributed by atoms with Crippen LogP contribution in [0.2, 0.25) is 0 Å². The molecule has 0 atom stereocenters. The fraction of sp³-hybridized carbons (Fsp3) is 0.333. The number of hydrogen-bond acceptors (Lipinski definition) is 4. The Morgan fingerprint density at radius 3 is 1.91 bits per heavy atom. The summed E-state index contributed by atoms with van der Waals surface area (Å²) in [5.41, 5.74) is 4.91. The maximum atomic E-state index is 12.7. The minimum atomic E-state index is -0.475. The van der Waals surface area contributed by atoms with Crippen molar-refractivity contribution in [3.63, 3.8) is 0 Å². The van der Waals surface area contributed by atoms with Gasteiger partial charge in [-0.15, -0.1) is 0 Å². The van der Waals surface area contributed by atoms with Gasteiger partial charge in [0.2, 0.25) is 0 Å². The number of ether oxygens (including phenoxy) is 2. The molecule has 0 fully saturated rings. The maximum absolute atomic E-state index is 12.7. The van der Waals surface area contributed by atoms with Crippen molar-refractivity contribution in [2.45, 2.75) is 66.4 Å². The fourth-order valence-corrected chi connectivity index (χ4v) is 3.93. The number of ketones is 1. The molecule has 0 aromatic heterocycles. The number of aryl methyl sites for hydroxylation is 2. The van der Waals surface area contributed by atoms with Gasteiger partial charge in [-0.1, -0.05) is 57.2 Å². The lowest BCUT2D eigenvalue weighted by molar-refractivity contribution is 0.0733. The molecule has 0 radical (unpaired) electrons. The molecule has 0 bridgehead atoms. The quantitative estimate of drug-likeness (QED) is 0.203. The fourth-order valence-electron chi connectivity index (χ4n) is 3.93. The summed E-state index contributed by atoms with van der Waals surface area (Å²) in [4.78, 5) is 24.7. The number of carbonyl (C=O) groups is 2. The highest BCUT2D eigenvalue weighted by Gasteiger charge is 2.25. The molecule has 0 N–H and O–H groups in total. The highest BCUT2D eigenvalue weighted by molar-refractivity contribution is 5.99. The van der Waals surface area contributed by atoms with Crippen molar-refractivity contribution >= 4 is 11.8 Å². The lowest BCUT2D eigenvalue weighted by atomic mass is 9.77. The summed E-state index contributed by atoms with van der Waals surface area (Å²) < 4.78 is 11.6. The van der Waals surface area contributed by atoms with E-state index in [0.717, 1.165) is 22.4 Å². The van der Waals surface area contributed by atoms with Crippen molar-refractivity contribution in [2.75, 3.05) is 0 Å². The topological polar surface area (TPSA) is 52.6 Å². The largest absolute Gasteiger partial charge is 0.491 e. The smallest absolute Gasteiger partial charge is 0.343 e. The molecule has 0 aliphatic rings. The molecule has 0 spiro atoms. The summed E-state index contributed by atoms with van der Waals surface area (Å²) in [6.07, 6.45) is 0.520. The highest BCUT2D eigenvalue weighted by atomic mass is 16.5. The number of carbonyl (C=O) groups excluding carboxylic acids is 2. The summed E-state index contributed by atoms with van der Waals surface area (Å²) in [5, 5.41) is 0. The zero-order chi connectivity index (χ0) is 25.0. The van der Waals surface area contributed by atoms with E-state index in [-0.39, 0.29) is 17.3 Å². The summed E-state index contributed by atoms with van der Waals surface area (Å²) in [7, 11) is 0. The van der Waals surface area contributed by atoms with E-state index in [1.54, 1.807) is 31.2 Å². The first-order valence-electron chi connectivity index (χ1n) is 11.8. The van der Waals surface area contributed by atoms with Gasteiger partial charge in [-0.25, -0.2) is 4.79 Å². The Hall–Kier alpha value is -3.40. The first-order valence-corrected chi connectivity index (χ1v) is 11.8. The van der Waals surface area contributed by atoms with Crippen molar-refractivity contribution in [1.29, 1.82) is 0 Å². The van der Waals surface area contributed by atoms with E-state index < -0.39 is 5.97 Å². The van der Waals surface area contributed by atoms with Crippen molar-refractivity contribution in [3.8, 4) is 11.5 Å². The van der Waals surface area contributed by atoms with Crippen LogP contribution in [-0.2, 0) is 5.41 Å². The Morgan fingerprint density at radius 1 is 0.824 bits per heavy atom. The molecule has 0 aliphatic heterocycles. The van der Waals surface area contributed by atoms with E-state index in [1.807, 2.05) is 39.0 Å². The number of hydrogen-bond donors (Lipinski definition) is 0. The molecular formula is C30H34O4. The molecule has 4 nitrogen and oxygen atoms in total. The Kier molecular flexibility index (Phi) is 7.61. The third kappa shape index (κ3) is 5.56. The summed E-state index contributed by atoms with van der Waals surface area (Å²) in [5.74, 6) is 0.931. The van der Waals surface area contributed by atoms with Gasteiger partial charge in [0.15, 0.2) is 5.78 Å². The molecular weight excluding hydrogens is 424 g/mol. The van der Waals surface area contributed by atoms with Crippen LogP contribution in [0.3, 0.4) is 0 Å². The van der Waals surface area contributed by atoms with Gasteiger partial charge in [-0.05, 0) is 74.2 Å². The number of rotatable bonds is 8. The molecule has 34 heavy (non-hydrogen) atoms. The molecule has 0 saturated heterocycles. The molecule has 0 aliphatic carbocycles. The van der Waals surface area contributed by atoms with E-state index in [4.69, 9.17) is 9.47 Å². The second-order valence-corrected chi connectivity index (χ2v) is 9.50. The Labute approximate surface area is 202 Å². The Balaban J connectivity index is 1.82. The van der Waals surface area contributed by atoms with Crippen LogP contribution in [0.4, 0.5) is 0 Å². The van der Waals surface area contributed by atoms with Gasteiger partial charge < -0.3 is 9.47 Å². The Bertz CT molecular complexity index is 1200. The number of Topliss-reactive ketones (excluding diaryl/α,β-unsaturated/α-hetero) is 1. The molecule has 0 heterocycles. The third-order valence-electron chi connectivity index (χ3n) is 6.10. The van der Waals surface area contributed by atoms with Gasteiger partial charge in [0.25, 0.3) is 0 Å². The van der Waals surface area contributed by atoms with Crippen LogP contribution in [-0.4, -0.2) is 17.9 Å². The number of benzene rings is 3. The van der Waals surface area contributed by atoms with E-state index >= 15 is 0 Å². The standard InChI is InChI=1S/C30H34O4/c1-8-26(31)22-10-9-11-23(18-22)29(32)34-28-15-13-25(17-21(28)5)30(6,7)24-12-14-27(20(4)16-24)33-19(2)3/h9-19H,8H2,1-7H3. The molecule has 4 heteroatoms. The first kappa shape index (κ1) is 25.2. The normalized spacial score (nSPS) is 11.4. The average Bonchev–Trinajstić information content (AvgIpc) is 2.80. The highest BCUT2D eigenvalue weighted by Crippen LogP contribution is 2.36. The monoisotopic (exact) mass is 458 g/mol. The average molecular weight is 459 g/mol. The minimum Gasteiger partial charge on any atom is -0.491 e. The van der Waals surface area contributed by atoms with Gasteiger partial charge in [0.1, 0.15) is 11.5 Å². The van der Waals surface area contributed by atoms with Crippen LogP contribution in [0, 0.1) is 13.8 Å². The molecule has 0 saturated carbocycles. The second-order valence-electron chi connectivity index (χ2n) is 9.50. The molecule has 3 aromatic rings. The van der Waals surface area contributed by atoms with Crippen LogP contribution >= 0.6 is 0 Å². The van der Waals surface area contributed by atoms with Crippen LogP contribution in [0.15, 0.2) is 60.7 Å². The van der Waals surface area contributed by atoms with E-state index in [0.29, 0.717) is 23.3 Å². The molecule has 0 unspecified atom stereocenters. The third-order valence-corrected chi connectivity index (χ3v) is 6.10.